The highest BCUT2D eigenvalue weighted by atomic mass is 35.5. The lowest BCUT2D eigenvalue weighted by Gasteiger charge is -2.32. The van der Waals surface area contributed by atoms with Gasteiger partial charge in [-0.1, -0.05) is 11.6 Å². The molecule has 0 radical (unpaired) electrons. The number of methoxy groups -OCH3 is 1. The van der Waals surface area contributed by atoms with Gasteiger partial charge in [-0.2, -0.15) is 0 Å². The molecule has 0 atom stereocenters. The SMILES string of the molecule is COCC1CCN(c2ncc(Cl)cc2F)CC1. The maximum absolute atomic E-state index is 13.7. The number of ether oxygens (including phenoxy) is 1. The lowest BCUT2D eigenvalue weighted by Crippen LogP contribution is -2.36. The van der Waals surface area contributed by atoms with Crippen LogP contribution >= 0.6 is 11.6 Å². The predicted octanol–water partition coefficient (Wildman–Crippen LogP) is 2.74. The van der Waals surface area contributed by atoms with Crippen LogP contribution in [0.1, 0.15) is 12.8 Å². The molecular formula is C12H16ClFN2O. The fourth-order valence-corrected chi connectivity index (χ4v) is 2.33. The van der Waals surface area contributed by atoms with Gasteiger partial charge in [0.25, 0.3) is 0 Å². The van der Waals surface area contributed by atoms with E-state index >= 15 is 0 Å². The van der Waals surface area contributed by atoms with Gasteiger partial charge in [0.1, 0.15) is 0 Å². The quantitative estimate of drug-likeness (QED) is 0.834. The van der Waals surface area contributed by atoms with Crippen LogP contribution in [0.3, 0.4) is 0 Å². The van der Waals surface area contributed by atoms with Crippen molar-refractivity contribution < 1.29 is 9.13 Å². The first-order valence-corrected chi connectivity index (χ1v) is 6.13. The van der Waals surface area contributed by atoms with Crippen LogP contribution in [0.15, 0.2) is 12.3 Å². The van der Waals surface area contributed by atoms with Gasteiger partial charge in [0.15, 0.2) is 11.6 Å². The van der Waals surface area contributed by atoms with Gasteiger partial charge in [0.2, 0.25) is 0 Å². The van der Waals surface area contributed by atoms with E-state index < -0.39 is 0 Å². The molecule has 1 fully saturated rings. The van der Waals surface area contributed by atoms with E-state index in [4.69, 9.17) is 16.3 Å². The summed E-state index contributed by atoms with van der Waals surface area (Å²) in [6.07, 6.45) is 3.51. The van der Waals surface area contributed by atoms with Crippen molar-refractivity contribution in [2.75, 3.05) is 31.7 Å². The van der Waals surface area contributed by atoms with Gasteiger partial charge in [-0.05, 0) is 24.8 Å². The minimum atomic E-state index is -0.345. The predicted molar refractivity (Wildman–Crippen MR) is 66.0 cm³/mol. The summed E-state index contributed by atoms with van der Waals surface area (Å²) in [5.74, 6) is 0.638. The molecule has 1 aliphatic rings. The van der Waals surface area contributed by atoms with Crippen molar-refractivity contribution in [1.29, 1.82) is 0 Å². The smallest absolute Gasteiger partial charge is 0.167 e. The normalized spacial score (nSPS) is 17.5. The molecule has 2 rings (SSSR count). The van der Waals surface area contributed by atoms with Crippen molar-refractivity contribution in [2.24, 2.45) is 5.92 Å². The van der Waals surface area contributed by atoms with E-state index in [-0.39, 0.29) is 5.82 Å². The molecule has 5 heteroatoms. The Labute approximate surface area is 106 Å². The van der Waals surface area contributed by atoms with Gasteiger partial charge < -0.3 is 9.64 Å². The number of anilines is 1. The minimum Gasteiger partial charge on any atom is -0.384 e. The zero-order valence-corrected chi connectivity index (χ0v) is 10.6. The Kier molecular flexibility index (Phi) is 4.18. The first-order valence-electron chi connectivity index (χ1n) is 5.75. The summed E-state index contributed by atoms with van der Waals surface area (Å²) >= 11 is 5.68. The number of hydrogen-bond acceptors (Lipinski definition) is 3. The molecule has 2 heterocycles. The molecule has 1 saturated heterocycles. The van der Waals surface area contributed by atoms with E-state index in [0.29, 0.717) is 16.8 Å². The molecule has 0 unspecified atom stereocenters. The first-order chi connectivity index (χ1) is 8.20. The Morgan fingerprint density at radius 2 is 2.24 bits per heavy atom. The second-order valence-electron chi connectivity index (χ2n) is 4.34. The fourth-order valence-electron chi connectivity index (χ4n) is 2.19. The molecule has 1 aromatic rings. The zero-order valence-electron chi connectivity index (χ0n) is 9.83. The van der Waals surface area contributed by atoms with Crippen LogP contribution in [0.2, 0.25) is 5.02 Å². The number of halogens is 2. The molecule has 0 spiro atoms. The van der Waals surface area contributed by atoms with E-state index in [2.05, 4.69) is 4.98 Å². The van der Waals surface area contributed by atoms with Crippen molar-refractivity contribution in [1.82, 2.24) is 4.98 Å². The molecule has 0 saturated carbocycles. The maximum Gasteiger partial charge on any atom is 0.167 e. The lowest BCUT2D eigenvalue weighted by molar-refractivity contribution is 0.139. The average molecular weight is 259 g/mol. The molecule has 94 valence electrons. The molecule has 0 aliphatic carbocycles. The molecule has 0 N–H and O–H groups in total. The highest BCUT2D eigenvalue weighted by molar-refractivity contribution is 6.30. The molecule has 0 bridgehead atoms. The number of nitrogens with zero attached hydrogens (tertiary/aromatic N) is 2. The Morgan fingerprint density at radius 1 is 1.53 bits per heavy atom. The minimum absolute atomic E-state index is 0.334. The highest BCUT2D eigenvalue weighted by Crippen LogP contribution is 2.25. The second kappa shape index (κ2) is 5.65. The Balaban J connectivity index is 2.00. The number of piperidine rings is 1. The van der Waals surface area contributed by atoms with Crippen molar-refractivity contribution in [3.05, 3.63) is 23.1 Å². The standard InChI is InChI=1S/C12H16ClFN2O/c1-17-8-9-2-4-16(5-3-9)12-11(14)6-10(13)7-15-12/h6-7,9H,2-5,8H2,1H3. The molecule has 0 aromatic carbocycles. The first kappa shape index (κ1) is 12.6. The third-order valence-electron chi connectivity index (χ3n) is 3.10. The molecule has 17 heavy (non-hydrogen) atoms. The largest absolute Gasteiger partial charge is 0.384 e. The highest BCUT2D eigenvalue weighted by Gasteiger charge is 2.22. The summed E-state index contributed by atoms with van der Waals surface area (Å²) < 4.78 is 18.8. The fraction of sp³-hybridized carbons (Fsp3) is 0.583. The maximum atomic E-state index is 13.7. The zero-order chi connectivity index (χ0) is 12.3. The van der Waals surface area contributed by atoms with Crippen LogP contribution in [-0.4, -0.2) is 31.8 Å². The molecular weight excluding hydrogens is 243 g/mol. The topological polar surface area (TPSA) is 25.4 Å². The molecule has 0 amide bonds. The number of hydrogen-bond donors (Lipinski definition) is 0. The summed E-state index contributed by atoms with van der Waals surface area (Å²) in [6.45, 7) is 2.42. The van der Waals surface area contributed by atoms with E-state index in [1.807, 2.05) is 4.90 Å². The summed E-state index contributed by atoms with van der Waals surface area (Å²) in [4.78, 5) is 6.03. The number of rotatable bonds is 3. The van der Waals surface area contributed by atoms with Gasteiger partial charge in [-0.3, -0.25) is 0 Å². The second-order valence-corrected chi connectivity index (χ2v) is 4.78. The van der Waals surface area contributed by atoms with E-state index in [1.165, 1.54) is 12.3 Å². The number of aromatic nitrogens is 1. The van der Waals surface area contributed by atoms with Crippen molar-refractivity contribution in [2.45, 2.75) is 12.8 Å². The van der Waals surface area contributed by atoms with Gasteiger partial charge in [-0.15, -0.1) is 0 Å². The monoisotopic (exact) mass is 258 g/mol. The molecule has 3 nitrogen and oxygen atoms in total. The van der Waals surface area contributed by atoms with Crippen LogP contribution in [0.25, 0.3) is 0 Å². The van der Waals surface area contributed by atoms with Gasteiger partial charge in [-0.25, -0.2) is 9.37 Å². The van der Waals surface area contributed by atoms with Crippen LogP contribution in [0.4, 0.5) is 10.2 Å². The molecule has 1 aliphatic heterocycles. The Morgan fingerprint density at radius 3 is 2.82 bits per heavy atom. The summed E-state index contributed by atoms with van der Waals surface area (Å²) in [5.41, 5.74) is 0. The van der Waals surface area contributed by atoms with Crippen LogP contribution in [0.5, 0.6) is 0 Å². The lowest BCUT2D eigenvalue weighted by atomic mass is 9.98. The van der Waals surface area contributed by atoms with Gasteiger partial charge in [0.05, 0.1) is 5.02 Å². The van der Waals surface area contributed by atoms with E-state index in [9.17, 15) is 4.39 Å². The third-order valence-corrected chi connectivity index (χ3v) is 3.31. The van der Waals surface area contributed by atoms with Crippen LogP contribution < -0.4 is 4.90 Å². The van der Waals surface area contributed by atoms with Crippen molar-refractivity contribution in [3.63, 3.8) is 0 Å². The van der Waals surface area contributed by atoms with Crippen LogP contribution in [0, 0.1) is 11.7 Å². The van der Waals surface area contributed by atoms with Gasteiger partial charge in [0, 0.05) is 33.0 Å². The molecule has 1 aromatic heterocycles. The van der Waals surface area contributed by atoms with Gasteiger partial charge >= 0.3 is 0 Å². The van der Waals surface area contributed by atoms with Crippen molar-refractivity contribution in [3.8, 4) is 0 Å². The van der Waals surface area contributed by atoms with Crippen molar-refractivity contribution >= 4 is 17.4 Å². The average Bonchev–Trinajstić information content (AvgIpc) is 2.31. The summed E-state index contributed by atoms with van der Waals surface area (Å²) in [7, 11) is 1.72. The van der Waals surface area contributed by atoms with E-state index in [1.54, 1.807) is 7.11 Å². The summed E-state index contributed by atoms with van der Waals surface area (Å²) in [6, 6.07) is 1.31. The Bertz CT molecular complexity index is 381. The summed E-state index contributed by atoms with van der Waals surface area (Å²) in [5, 5.41) is 0.334. The van der Waals surface area contributed by atoms with E-state index in [0.717, 1.165) is 32.5 Å². The third kappa shape index (κ3) is 3.07. The Hall–Kier alpha value is -0.870. The van der Waals surface area contributed by atoms with Crippen LogP contribution in [-0.2, 0) is 4.74 Å². The number of pyridine rings is 1.